The maximum absolute atomic E-state index is 13.1. The molecule has 1 saturated carbocycles. The van der Waals surface area contributed by atoms with Gasteiger partial charge in [0.1, 0.15) is 11.5 Å². The Morgan fingerprint density at radius 3 is 1.66 bits per heavy atom. The zero-order chi connectivity index (χ0) is 29.7. The van der Waals surface area contributed by atoms with Gasteiger partial charge < -0.3 is 14.8 Å². The Hall–Kier alpha value is -4.10. The average molecular weight is 588 g/mol. The van der Waals surface area contributed by atoms with E-state index < -0.39 is 36.6 Å². The fraction of sp³-hybridized carbons (Fsp3) is 0.333. The van der Waals surface area contributed by atoms with Gasteiger partial charge in [-0.15, -0.1) is 0 Å². The van der Waals surface area contributed by atoms with Crippen molar-refractivity contribution in [3.8, 4) is 11.5 Å². The summed E-state index contributed by atoms with van der Waals surface area (Å²) in [5.74, 6) is -0.433. The molecular formula is C27H24F8N4O2. The molecule has 1 fully saturated rings. The van der Waals surface area contributed by atoms with E-state index in [4.69, 9.17) is 0 Å². The van der Waals surface area contributed by atoms with Crippen LogP contribution in [0.25, 0.3) is 12.2 Å². The molecule has 0 radical (unpaired) electrons. The first-order valence-corrected chi connectivity index (χ1v) is 12.2. The Balaban J connectivity index is 1.47. The Morgan fingerprint density at radius 1 is 0.829 bits per heavy atom. The highest BCUT2D eigenvalue weighted by Crippen LogP contribution is 2.46. The minimum absolute atomic E-state index is 0.210. The fourth-order valence-corrected chi connectivity index (χ4v) is 3.52. The summed E-state index contributed by atoms with van der Waals surface area (Å²) in [5.41, 5.74) is 4.39. The predicted molar refractivity (Wildman–Crippen MR) is 137 cm³/mol. The summed E-state index contributed by atoms with van der Waals surface area (Å²) in [6.07, 6.45) is -8.78. The Kier molecular flexibility index (Phi) is 8.88. The number of aliphatic imine (C=N–C) groups is 1. The van der Waals surface area contributed by atoms with E-state index in [1.165, 1.54) is 24.3 Å². The third-order valence-corrected chi connectivity index (χ3v) is 6.12. The van der Waals surface area contributed by atoms with Crippen molar-refractivity contribution in [2.75, 3.05) is 13.1 Å². The highest BCUT2D eigenvalue weighted by Gasteiger charge is 2.45. The first kappa shape index (κ1) is 29.9. The number of hydrazone groups is 1. The van der Waals surface area contributed by atoms with Crippen molar-refractivity contribution >= 4 is 23.8 Å². The van der Waals surface area contributed by atoms with Crippen LogP contribution >= 0.6 is 0 Å². The molecule has 41 heavy (non-hydrogen) atoms. The van der Waals surface area contributed by atoms with Crippen molar-refractivity contribution in [2.45, 2.75) is 37.9 Å². The lowest BCUT2D eigenvalue weighted by Crippen LogP contribution is -2.43. The number of nitrogens with one attached hydrogen (secondary N) is 2. The van der Waals surface area contributed by atoms with Crippen molar-refractivity contribution < 1.29 is 44.6 Å². The number of alkyl halides is 8. The van der Waals surface area contributed by atoms with Crippen molar-refractivity contribution in [1.29, 1.82) is 0 Å². The Labute approximate surface area is 229 Å². The molecule has 1 heterocycles. The van der Waals surface area contributed by atoms with Crippen LogP contribution in [0.3, 0.4) is 0 Å². The molecule has 0 bridgehead atoms. The van der Waals surface area contributed by atoms with Crippen molar-refractivity contribution in [3.05, 3.63) is 71.8 Å². The molecule has 0 aromatic heterocycles. The van der Waals surface area contributed by atoms with Gasteiger partial charge in [-0.3, -0.25) is 4.99 Å². The summed E-state index contributed by atoms with van der Waals surface area (Å²) in [6, 6.07) is 9.92. The zero-order valence-electron chi connectivity index (χ0n) is 21.1. The summed E-state index contributed by atoms with van der Waals surface area (Å²) < 4.78 is 110. The van der Waals surface area contributed by atoms with E-state index in [9.17, 15) is 35.1 Å². The van der Waals surface area contributed by atoms with Gasteiger partial charge in [0.15, 0.2) is 0 Å². The number of guanidine groups is 1. The molecule has 0 amide bonds. The van der Waals surface area contributed by atoms with Gasteiger partial charge in [0, 0.05) is 12.0 Å². The van der Waals surface area contributed by atoms with Crippen LogP contribution in [0.2, 0.25) is 0 Å². The van der Waals surface area contributed by atoms with Gasteiger partial charge in [-0.1, -0.05) is 36.4 Å². The standard InChI is InChI=1S/C27H24F8N4O2/c28-22(29)26(32,33)40-20-9-3-17(4-10-20)1-7-19(38-39-24-36-15-25(13-14-25)16-37-24)8-2-18-5-11-21(12-6-18)41-27(34,35)23(30)31/h1-12,22-23H,13-16H2,(H2,36,37,39)/b7-1+,8-2+. The molecule has 0 atom stereocenters. The molecule has 1 aliphatic carbocycles. The molecule has 1 aliphatic heterocycles. The number of benzene rings is 2. The number of ether oxygens (including phenoxy) is 2. The largest absolute Gasteiger partial charge is 0.461 e. The molecule has 2 aromatic rings. The van der Waals surface area contributed by atoms with E-state index in [0.29, 0.717) is 29.3 Å². The normalized spacial score (nSPS) is 16.7. The van der Waals surface area contributed by atoms with Gasteiger partial charge in [-0.2, -0.15) is 40.2 Å². The molecule has 14 heteroatoms. The second-order valence-corrected chi connectivity index (χ2v) is 9.40. The van der Waals surface area contributed by atoms with Crippen LogP contribution in [0.15, 0.2) is 70.8 Å². The molecule has 1 spiro atoms. The maximum Gasteiger partial charge on any atom is 0.461 e. The first-order chi connectivity index (χ1) is 19.4. The molecule has 2 aliphatic rings. The fourth-order valence-electron chi connectivity index (χ4n) is 3.52. The van der Waals surface area contributed by atoms with E-state index in [-0.39, 0.29) is 5.41 Å². The summed E-state index contributed by atoms with van der Waals surface area (Å²) in [6.45, 7) is 1.42. The van der Waals surface area contributed by atoms with E-state index >= 15 is 0 Å². The molecule has 0 saturated heterocycles. The molecule has 2 N–H and O–H groups in total. The lowest BCUT2D eigenvalue weighted by molar-refractivity contribution is -0.253. The Bertz CT molecular complexity index is 1230. The van der Waals surface area contributed by atoms with Crippen LogP contribution < -0.4 is 20.2 Å². The van der Waals surface area contributed by atoms with Crippen LogP contribution in [-0.4, -0.2) is 49.8 Å². The summed E-state index contributed by atoms with van der Waals surface area (Å²) in [5, 5.41) is 7.47. The lowest BCUT2D eigenvalue weighted by Gasteiger charge is -2.21. The van der Waals surface area contributed by atoms with Gasteiger partial charge in [0.05, 0.1) is 12.3 Å². The van der Waals surface area contributed by atoms with Gasteiger partial charge in [-0.05, 0) is 60.4 Å². The van der Waals surface area contributed by atoms with Crippen LogP contribution in [0, 0.1) is 5.41 Å². The monoisotopic (exact) mass is 588 g/mol. The van der Waals surface area contributed by atoms with Crippen LogP contribution in [0.5, 0.6) is 11.5 Å². The molecule has 0 unspecified atom stereocenters. The number of hydrogen-bond donors (Lipinski definition) is 2. The van der Waals surface area contributed by atoms with Crippen molar-refractivity contribution in [2.24, 2.45) is 15.5 Å². The topological polar surface area (TPSA) is 67.2 Å². The molecule has 4 rings (SSSR count). The number of rotatable bonds is 11. The van der Waals surface area contributed by atoms with Crippen LogP contribution in [-0.2, 0) is 0 Å². The Morgan fingerprint density at radius 2 is 1.29 bits per heavy atom. The predicted octanol–water partition coefficient (Wildman–Crippen LogP) is 6.57. The third-order valence-electron chi connectivity index (χ3n) is 6.12. The van der Waals surface area contributed by atoms with E-state index in [1.807, 2.05) is 0 Å². The summed E-state index contributed by atoms with van der Waals surface area (Å²) in [7, 11) is 0. The smallest absolute Gasteiger partial charge is 0.428 e. The van der Waals surface area contributed by atoms with Crippen LogP contribution in [0.4, 0.5) is 35.1 Å². The van der Waals surface area contributed by atoms with E-state index in [1.54, 1.807) is 24.3 Å². The quantitative estimate of drug-likeness (QED) is 0.177. The third kappa shape index (κ3) is 8.44. The molecule has 220 valence electrons. The van der Waals surface area contributed by atoms with Crippen molar-refractivity contribution in [3.63, 3.8) is 0 Å². The van der Waals surface area contributed by atoms with Gasteiger partial charge in [-0.25, -0.2) is 5.43 Å². The average Bonchev–Trinajstić information content (AvgIpc) is 3.69. The lowest BCUT2D eigenvalue weighted by atomic mass is 10.1. The molecular weight excluding hydrogens is 564 g/mol. The SMILES string of the molecule is FC(F)C(F)(F)Oc1ccc(/C=C/C(/C=C/c2ccc(OC(F)(F)C(F)F)cc2)=NNC2=NCC3(CC3)CN2)cc1. The van der Waals surface area contributed by atoms with E-state index in [0.717, 1.165) is 43.7 Å². The van der Waals surface area contributed by atoms with E-state index in [2.05, 4.69) is 30.3 Å². The second kappa shape index (κ2) is 12.2. The minimum Gasteiger partial charge on any atom is -0.428 e. The number of halogens is 8. The summed E-state index contributed by atoms with van der Waals surface area (Å²) >= 11 is 0. The van der Waals surface area contributed by atoms with Crippen molar-refractivity contribution in [1.82, 2.24) is 10.7 Å². The first-order valence-electron chi connectivity index (χ1n) is 12.2. The molecule has 2 aromatic carbocycles. The zero-order valence-corrected chi connectivity index (χ0v) is 21.1. The maximum atomic E-state index is 13.1. The van der Waals surface area contributed by atoms with Gasteiger partial charge >= 0.3 is 25.1 Å². The number of nitrogens with zero attached hydrogens (tertiary/aromatic N) is 2. The van der Waals surface area contributed by atoms with Gasteiger partial charge in [0.25, 0.3) is 0 Å². The molecule has 6 nitrogen and oxygen atoms in total. The summed E-state index contributed by atoms with van der Waals surface area (Å²) in [4.78, 5) is 4.44. The number of allylic oxidation sites excluding steroid dienone is 2. The number of hydrogen-bond acceptors (Lipinski definition) is 6. The van der Waals surface area contributed by atoms with Crippen LogP contribution in [0.1, 0.15) is 24.0 Å². The minimum atomic E-state index is -4.63. The highest BCUT2D eigenvalue weighted by atomic mass is 19.3. The van der Waals surface area contributed by atoms with Gasteiger partial charge in [0.2, 0.25) is 5.96 Å². The second-order valence-electron chi connectivity index (χ2n) is 9.40. The highest BCUT2D eigenvalue weighted by molar-refractivity contribution is 6.09.